The first kappa shape index (κ1) is 14.5. The Balaban J connectivity index is 2.07. The Morgan fingerprint density at radius 2 is 1.41 bits per heavy atom. The minimum absolute atomic E-state index is 0.352. The van der Waals surface area contributed by atoms with Crippen molar-refractivity contribution in [3.05, 3.63) is 79.1 Å². The molecule has 0 aromatic heterocycles. The van der Waals surface area contributed by atoms with Crippen LogP contribution in [0.5, 0.6) is 0 Å². The summed E-state index contributed by atoms with van der Waals surface area (Å²) in [7, 11) is 0. The SMILES string of the molecule is Cc1cccc(C)c1Nc1c(-c2ccc(Cl)cc2)c(=O)c1=O. The maximum Gasteiger partial charge on any atom is 0.250 e. The fourth-order valence-electron chi connectivity index (χ4n) is 2.54. The van der Waals surface area contributed by atoms with Gasteiger partial charge in [-0.2, -0.15) is 0 Å². The first-order valence-electron chi connectivity index (χ1n) is 6.91. The van der Waals surface area contributed by atoms with E-state index in [4.69, 9.17) is 11.6 Å². The van der Waals surface area contributed by atoms with Gasteiger partial charge in [-0.3, -0.25) is 9.59 Å². The number of anilines is 2. The highest BCUT2D eigenvalue weighted by Crippen LogP contribution is 2.30. The molecule has 110 valence electrons. The molecule has 0 saturated carbocycles. The number of aryl methyl sites for hydroxylation is 2. The standard InChI is InChI=1S/C18H14ClNO2/c1-10-4-3-5-11(2)15(10)20-16-14(17(21)18(16)22)12-6-8-13(19)9-7-12/h3-9,20H,1-2H3. The van der Waals surface area contributed by atoms with Crippen LogP contribution in [-0.2, 0) is 0 Å². The Hall–Kier alpha value is -2.39. The predicted octanol–water partition coefficient (Wildman–Crippen LogP) is 3.96. The molecule has 0 aliphatic carbocycles. The summed E-state index contributed by atoms with van der Waals surface area (Å²) in [6.45, 7) is 3.92. The zero-order chi connectivity index (χ0) is 15.9. The van der Waals surface area contributed by atoms with Crippen molar-refractivity contribution in [1.29, 1.82) is 0 Å². The molecule has 3 aromatic carbocycles. The van der Waals surface area contributed by atoms with Crippen molar-refractivity contribution in [2.45, 2.75) is 13.8 Å². The lowest BCUT2D eigenvalue weighted by molar-refractivity contribution is 1.32. The second-order valence-electron chi connectivity index (χ2n) is 5.31. The maximum atomic E-state index is 11.9. The fourth-order valence-corrected chi connectivity index (χ4v) is 2.67. The Bertz CT molecular complexity index is 899. The highest BCUT2D eigenvalue weighted by Gasteiger charge is 2.23. The average Bonchev–Trinajstić information content (AvgIpc) is 2.51. The van der Waals surface area contributed by atoms with Crippen LogP contribution in [0, 0.1) is 13.8 Å². The maximum absolute atomic E-state index is 11.9. The van der Waals surface area contributed by atoms with Gasteiger partial charge in [0.2, 0.25) is 5.43 Å². The topological polar surface area (TPSA) is 46.2 Å². The van der Waals surface area contributed by atoms with Gasteiger partial charge in [0, 0.05) is 10.7 Å². The molecule has 0 bridgehead atoms. The quantitative estimate of drug-likeness (QED) is 0.745. The van der Waals surface area contributed by atoms with Gasteiger partial charge >= 0.3 is 0 Å². The first-order valence-corrected chi connectivity index (χ1v) is 7.29. The smallest absolute Gasteiger partial charge is 0.250 e. The number of halogens is 1. The Morgan fingerprint density at radius 3 is 2.00 bits per heavy atom. The van der Waals surface area contributed by atoms with Gasteiger partial charge in [-0.05, 0) is 42.7 Å². The molecule has 22 heavy (non-hydrogen) atoms. The monoisotopic (exact) mass is 311 g/mol. The van der Waals surface area contributed by atoms with E-state index >= 15 is 0 Å². The number of hydrogen-bond donors (Lipinski definition) is 1. The summed E-state index contributed by atoms with van der Waals surface area (Å²) in [5, 5.41) is 3.72. The Kier molecular flexibility index (Phi) is 3.59. The summed E-state index contributed by atoms with van der Waals surface area (Å²) in [5.74, 6) is 0. The molecule has 3 nitrogen and oxygen atoms in total. The van der Waals surface area contributed by atoms with E-state index in [1.165, 1.54) is 0 Å². The highest BCUT2D eigenvalue weighted by atomic mass is 35.5. The lowest BCUT2D eigenvalue weighted by Crippen LogP contribution is -2.35. The number of para-hydroxylation sites is 1. The molecular weight excluding hydrogens is 298 g/mol. The molecule has 0 aliphatic heterocycles. The molecule has 0 amide bonds. The number of nitrogens with one attached hydrogen (secondary N) is 1. The van der Waals surface area contributed by atoms with Crippen LogP contribution in [0.3, 0.4) is 0 Å². The van der Waals surface area contributed by atoms with Crippen molar-refractivity contribution >= 4 is 23.0 Å². The number of hydrogen-bond acceptors (Lipinski definition) is 3. The Morgan fingerprint density at radius 1 is 0.818 bits per heavy atom. The van der Waals surface area contributed by atoms with Crippen LogP contribution in [0.15, 0.2) is 52.1 Å². The molecule has 1 N–H and O–H groups in total. The van der Waals surface area contributed by atoms with Gasteiger partial charge in [-0.1, -0.05) is 41.9 Å². The van der Waals surface area contributed by atoms with Crippen LogP contribution in [0.1, 0.15) is 11.1 Å². The molecule has 0 heterocycles. The third-order valence-corrected chi connectivity index (χ3v) is 4.03. The van der Waals surface area contributed by atoms with Crippen molar-refractivity contribution in [2.24, 2.45) is 0 Å². The largest absolute Gasteiger partial charge is 0.351 e. The molecule has 0 fully saturated rings. The van der Waals surface area contributed by atoms with E-state index in [1.807, 2.05) is 32.0 Å². The van der Waals surface area contributed by atoms with Gasteiger partial charge in [0.25, 0.3) is 5.43 Å². The molecule has 4 heteroatoms. The molecule has 0 aliphatic rings. The summed E-state index contributed by atoms with van der Waals surface area (Å²) >= 11 is 5.87. The molecule has 3 rings (SSSR count). The van der Waals surface area contributed by atoms with Crippen LogP contribution >= 0.6 is 11.6 Å². The minimum atomic E-state index is -0.479. The zero-order valence-electron chi connectivity index (χ0n) is 12.2. The second kappa shape index (κ2) is 5.43. The van der Waals surface area contributed by atoms with E-state index < -0.39 is 10.9 Å². The Labute approximate surface area is 132 Å². The average molecular weight is 312 g/mol. The second-order valence-corrected chi connectivity index (χ2v) is 5.74. The molecule has 0 spiro atoms. The molecule has 0 saturated heterocycles. The van der Waals surface area contributed by atoms with E-state index in [2.05, 4.69) is 5.32 Å². The van der Waals surface area contributed by atoms with Crippen molar-refractivity contribution in [3.8, 4) is 11.1 Å². The van der Waals surface area contributed by atoms with E-state index in [9.17, 15) is 9.59 Å². The van der Waals surface area contributed by atoms with Gasteiger partial charge in [0.1, 0.15) is 5.69 Å². The summed E-state index contributed by atoms with van der Waals surface area (Å²) < 4.78 is 0. The lowest BCUT2D eigenvalue weighted by atomic mass is 9.97. The highest BCUT2D eigenvalue weighted by molar-refractivity contribution is 6.30. The zero-order valence-corrected chi connectivity index (χ0v) is 13.0. The van der Waals surface area contributed by atoms with Crippen molar-refractivity contribution in [2.75, 3.05) is 5.32 Å². The van der Waals surface area contributed by atoms with Crippen LogP contribution < -0.4 is 16.2 Å². The van der Waals surface area contributed by atoms with Crippen LogP contribution in [0.2, 0.25) is 5.02 Å². The van der Waals surface area contributed by atoms with Gasteiger partial charge < -0.3 is 5.32 Å². The van der Waals surface area contributed by atoms with Crippen molar-refractivity contribution < 1.29 is 0 Å². The summed E-state index contributed by atoms with van der Waals surface area (Å²) in [5.41, 5.74) is 3.44. The molecular formula is C18H14ClNO2. The first-order chi connectivity index (χ1) is 10.5. The number of rotatable bonds is 3. The summed E-state index contributed by atoms with van der Waals surface area (Å²) in [6, 6.07) is 12.8. The normalized spacial score (nSPS) is 10.9. The van der Waals surface area contributed by atoms with Crippen LogP contribution in [0.4, 0.5) is 11.4 Å². The third-order valence-electron chi connectivity index (χ3n) is 3.77. The van der Waals surface area contributed by atoms with E-state index in [0.29, 0.717) is 21.8 Å². The van der Waals surface area contributed by atoms with Gasteiger partial charge in [0.05, 0.1) is 5.56 Å². The van der Waals surface area contributed by atoms with E-state index in [0.717, 1.165) is 16.8 Å². The van der Waals surface area contributed by atoms with Gasteiger partial charge in [-0.25, -0.2) is 0 Å². The third kappa shape index (κ3) is 2.34. The van der Waals surface area contributed by atoms with Gasteiger partial charge in [0.15, 0.2) is 0 Å². The predicted molar refractivity (Wildman–Crippen MR) is 91.0 cm³/mol. The van der Waals surface area contributed by atoms with Crippen molar-refractivity contribution in [1.82, 2.24) is 0 Å². The van der Waals surface area contributed by atoms with E-state index in [-0.39, 0.29) is 0 Å². The molecule has 0 unspecified atom stereocenters. The van der Waals surface area contributed by atoms with Crippen molar-refractivity contribution in [3.63, 3.8) is 0 Å². The molecule has 3 aromatic rings. The number of benzene rings is 2. The van der Waals surface area contributed by atoms with E-state index in [1.54, 1.807) is 24.3 Å². The van der Waals surface area contributed by atoms with Gasteiger partial charge in [-0.15, -0.1) is 0 Å². The van der Waals surface area contributed by atoms with Crippen LogP contribution in [0.25, 0.3) is 11.1 Å². The minimum Gasteiger partial charge on any atom is -0.351 e. The fraction of sp³-hybridized carbons (Fsp3) is 0.111. The summed E-state index contributed by atoms with van der Waals surface area (Å²) in [4.78, 5) is 23.9. The lowest BCUT2D eigenvalue weighted by Gasteiger charge is -2.17. The van der Waals surface area contributed by atoms with Crippen LogP contribution in [-0.4, -0.2) is 0 Å². The molecule has 0 radical (unpaired) electrons. The summed E-state index contributed by atoms with van der Waals surface area (Å²) in [6.07, 6.45) is 0. The molecule has 0 atom stereocenters.